The molecule has 2 N–H and O–H groups in total. The molecule has 0 aliphatic rings. The van der Waals surface area contributed by atoms with Crippen molar-refractivity contribution in [2.45, 2.75) is 13.0 Å². The van der Waals surface area contributed by atoms with E-state index in [9.17, 15) is 0 Å². The second-order valence-corrected chi connectivity index (χ2v) is 6.74. The van der Waals surface area contributed by atoms with E-state index in [0.29, 0.717) is 10.0 Å². The lowest BCUT2D eigenvalue weighted by atomic mass is 9.98. The van der Waals surface area contributed by atoms with Crippen LogP contribution < -0.4 is 5.73 Å². The summed E-state index contributed by atoms with van der Waals surface area (Å²) in [6.07, 6.45) is 0. The van der Waals surface area contributed by atoms with Gasteiger partial charge in [-0.2, -0.15) is 0 Å². The molecule has 0 bridgehead atoms. The minimum absolute atomic E-state index is 0.336. The average molecular weight is 424 g/mol. The van der Waals surface area contributed by atoms with Crippen LogP contribution in [0.25, 0.3) is 0 Å². The van der Waals surface area contributed by atoms with Gasteiger partial charge in [0, 0.05) is 8.95 Å². The minimum Gasteiger partial charge on any atom is -0.320 e. The van der Waals surface area contributed by atoms with Crippen molar-refractivity contribution < 1.29 is 0 Å². The summed E-state index contributed by atoms with van der Waals surface area (Å²) < 4.78 is 1.97. The second kappa shape index (κ2) is 6.15. The molecule has 100 valence electrons. The van der Waals surface area contributed by atoms with Crippen LogP contribution in [0.4, 0.5) is 0 Å². The fourth-order valence-corrected chi connectivity index (χ4v) is 3.32. The molecule has 0 aliphatic heterocycles. The summed E-state index contributed by atoms with van der Waals surface area (Å²) in [6.45, 7) is 2.02. The maximum Gasteiger partial charge on any atom is 0.0643 e. The highest BCUT2D eigenvalue weighted by Crippen LogP contribution is 2.36. The van der Waals surface area contributed by atoms with Crippen molar-refractivity contribution in [1.29, 1.82) is 0 Å². The summed E-state index contributed by atoms with van der Waals surface area (Å²) in [7, 11) is 0. The summed E-state index contributed by atoms with van der Waals surface area (Å²) in [5, 5.41) is 1.01. The number of aryl methyl sites for hydroxylation is 1. The molecule has 0 saturated heterocycles. The smallest absolute Gasteiger partial charge is 0.0643 e. The summed E-state index contributed by atoms with van der Waals surface area (Å²) in [5.74, 6) is 0. The number of hydrogen-bond donors (Lipinski definition) is 1. The van der Waals surface area contributed by atoms with Crippen LogP contribution in [-0.2, 0) is 0 Å². The van der Waals surface area contributed by atoms with Gasteiger partial charge in [-0.3, -0.25) is 0 Å². The van der Waals surface area contributed by atoms with Gasteiger partial charge in [0.2, 0.25) is 0 Å². The van der Waals surface area contributed by atoms with E-state index < -0.39 is 0 Å². The average Bonchev–Trinajstić information content (AvgIpc) is 2.36. The Bertz CT molecular complexity index is 629. The fraction of sp³-hybridized carbons (Fsp3) is 0.143. The Morgan fingerprint density at radius 3 is 2.42 bits per heavy atom. The normalized spacial score (nSPS) is 12.5. The Morgan fingerprint density at radius 1 is 1.05 bits per heavy atom. The first-order chi connectivity index (χ1) is 8.91. The molecular weight excluding hydrogens is 413 g/mol. The summed E-state index contributed by atoms with van der Waals surface area (Å²) >= 11 is 19.3. The Balaban J connectivity index is 2.53. The molecule has 0 aliphatic carbocycles. The van der Waals surface area contributed by atoms with E-state index in [2.05, 4.69) is 31.9 Å². The van der Waals surface area contributed by atoms with E-state index in [1.807, 2.05) is 31.2 Å². The van der Waals surface area contributed by atoms with Gasteiger partial charge >= 0.3 is 0 Å². The standard InChI is InChI=1S/C14H11Br2Cl2N/c1-7-5-11(16)9(6-10(7)15)14(19)8-3-2-4-12(17)13(8)18/h2-6,14H,19H2,1H3. The topological polar surface area (TPSA) is 26.0 Å². The number of hydrogen-bond acceptors (Lipinski definition) is 1. The largest absolute Gasteiger partial charge is 0.320 e. The van der Waals surface area contributed by atoms with Gasteiger partial charge in [0.05, 0.1) is 16.1 Å². The lowest BCUT2D eigenvalue weighted by Crippen LogP contribution is -2.13. The molecule has 0 spiro atoms. The van der Waals surface area contributed by atoms with Gasteiger partial charge in [-0.25, -0.2) is 0 Å². The Labute approximate surface area is 139 Å². The van der Waals surface area contributed by atoms with E-state index in [0.717, 1.165) is 25.6 Å². The maximum atomic E-state index is 6.31. The van der Waals surface area contributed by atoms with Crippen molar-refractivity contribution in [2.24, 2.45) is 5.73 Å². The van der Waals surface area contributed by atoms with Gasteiger partial charge in [0.25, 0.3) is 0 Å². The van der Waals surface area contributed by atoms with E-state index in [4.69, 9.17) is 28.9 Å². The molecule has 5 heteroatoms. The van der Waals surface area contributed by atoms with Crippen LogP contribution in [0.3, 0.4) is 0 Å². The molecule has 0 radical (unpaired) electrons. The molecule has 0 aromatic heterocycles. The summed E-state index contributed by atoms with van der Waals surface area (Å²) in [6, 6.07) is 9.18. The highest BCUT2D eigenvalue weighted by Gasteiger charge is 2.17. The molecular formula is C14H11Br2Cl2N. The fourth-order valence-electron chi connectivity index (χ4n) is 1.83. The molecule has 0 amide bonds. The van der Waals surface area contributed by atoms with Crippen LogP contribution in [0, 0.1) is 6.92 Å². The third kappa shape index (κ3) is 3.17. The van der Waals surface area contributed by atoms with E-state index in [-0.39, 0.29) is 6.04 Å². The van der Waals surface area contributed by atoms with Crippen LogP contribution in [0.2, 0.25) is 10.0 Å². The summed E-state index contributed by atoms with van der Waals surface area (Å²) in [5.41, 5.74) is 9.22. The van der Waals surface area contributed by atoms with Crippen molar-refractivity contribution in [2.75, 3.05) is 0 Å². The van der Waals surface area contributed by atoms with Gasteiger partial charge in [-0.1, -0.05) is 67.2 Å². The lowest BCUT2D eigenvalue weighted by molar-refractivity contribution is 0.864. The molecule has 1 unspecified atom stereocenters. The summed E-state index contributed by atoms with van der Waals surface area (Å²) in [4.78, 5) is 0. The predicted molar refractivity (Wildman–Crippen MR) is 89.1 cm³/mol. The Morgan fingerprint density at radius 2 is 1.74 bits per heavy atom. The van der Waals surface area contributed by atoms with Crippen LogP contribution >= 0.6 is 55.1 Å². The Hall–Kier alpha value is -0.0600. The highest BCUT2D eigenvalue weighted by molar-refractivity contribution is 9.11. The number of nitrogens with two attached hydrogens (primary N) is 1. The number of benzene rings is 2. The van der Waals surface area contributed by atoms with Gasteiger partial charge in [0.1, 0.15) is 0 Å². The molecule has 2 rings (SSSR count). The van der Waals surface area contributed by atoms with E-state index in [1.165, 1.54) is 0 Å². The van der Waals surface area contributed by atoms with E-state index >= 15 is 0 Å². The molecule has 2 aromatic rings. The molecule has 0 fully saturated rings. The zero-order chi connectivity index (χ0) is 14.2. The highest BCUT2D eigenvalue weighted by atomic mass is 79.9. The molecule has 1 nitrogen and oxygen atoms in total. The SMILES string of the molecule is Cc1cc(Br)c(C(N)c2cccc(Cl)c2Cl)cc1Br. The molecule has 0 heterocycles. The van der Waals surface area contributed by atoms with E-state index in [1.54, 1.807) is 6.07 Å². The van der Waals surface area contributed by atoms with Crippen molar-refractivity contribution in [3.63, 3.8) is 0 Å². The van der Waals surface area contributed by atoms with Gasteiger partial charge < -0.3 is 5.73 Å². The van der Waals surface area contributed by atoms with Crippen LogP contribution in [-0.4, -0.2) is 0 Å². The van der Waals surface area contributed by atoms with Crippen molar-refractivity contribution in [1.82, 2.24) is 0 Å². The zero-order valence-corrected chi connectivity index (χ0v) is 14.7. The van der Waals surface area contributed by atoms with Crippen molar-refractivity contribution in [3.8, 4) is 0 Å². The molecule has 19 heavy (non-hydrogen) atoms. The lowest BCUT2D eigenvalue weighted by Gasteiger charge is -2.17. The molecule has 1 atom stereocenters. The second-order valence-electron chi connectivity index (χ2n) is 4.24. The first-order valence-electron chi connectivity index (χ1n) is 5.57. The molecule has 0 saturated carbocycles. The molecule has 2 aromatic carbocycles. The predicted octanol–water partition coefficient (Wildman–Crippen LogP) is 5.87. The van der Waals surface area contributed by atoms with Crippen LogP contribution in [0.15, 0.2) is 39.3 Å². The first-order valence-corrected chi connectivity index (χ1v) is 7.91. The minimum atomic E-state index is -0.336. The van der Waals surface area contributed by atoms with Crippen molar-refractivity contribution in [3.05, 3.63) is 66.0 Å². The maximum absolute atomic E-state index is 6.31. The first kappa shape index (κ1) is 15.3. The number of halogens is 4. The third-order valence-corrected chi connectivity index (χ3v) is 5.30. The van der Waals surface area contributed by atoms with Crippen LogP contribution in [0.5, 0.6) is 0 Å². The number of rotatable bonds is 2. The van der Waals surface area contributed by atoms with Crippen LogP contribution in [0.1, 0.15) is 22.7 Å². The van der Waals surface area contributed by atoms with Gasteiger partial charge in [0.15, 0.2) is 0 Å². The monoisotopic (exact) mass is 421 g/mol. The Kier molecular flexibility index (Phi) is 4.96. The van der Waals surface area contributed by atoms with Gasteiger partial charge in [-0.15, -0.1) is 0 Å². The third-order valence-electron chi connectivity index (χ3n) is 2.93. The van der Waals surface area contributed by atoms with Gasteiger partial charge in [-0.05, 0) is 41.8 Å². The zero-order valence-electron chi connectivity index (χ0n) is 10.1. The van der Waals surface area contributed by atoms with Crippen molar-refractivity contribution >= 4 is 55.1 Å². The quantitative estimate of drug-likeness (QED) is 0.641.